The van der Waals surface area contributed by atoms with Crippen LogP contribution in [-0.4, -0.2) is 36.6 Å². The molecule has 0 radical (unpaired) electrons. The maximum Gasteiger partial charge on any atom is 0.407 e. The fourth-order valence-corrected chi connectivity index (χ4v) is 2.28. The summed E-state index contributed by atoms with van der Waals surface area (Å²) in [4.78, 5) is 11.6. The van der Waals surface area contributed by atoms with Gasteiger partial charge in [0.1, 0.15) is 6.61 Å². The Morgan fingerprint density at radius 1 is 1.37 bits per heavy atom. The maximum absolute atomic E-state index is 11.6. The Kier molecular flexibility index (Phi) is 4.76. The van der Waals surface area contributed by atoms with E-state index in [-0.39, 0.29) is 18.8 Å². The molecular weight excluding hydrogens is 246 g/mol. The monoisotopic (exact) mass is 265 g/mol. The van der Waals surface area contributed by atoms with E-state index in [9.17, 15) is 9.90 Å². The lowest BCUT2D eigenvalue weighted by Crippen LogP contribution is -2.33. The van der Waals surface area contributed by atoms with Crippen LogP contribution in [0.5, 0.6) is 0 Å². The molecule has 19 heavy (non-hydrogen) atoms. The average Bonchev–Trinajstić information content (AvgIpc) is 2.77. The van der Waals surface area contributed by atoms with Crippen LogP contribution < -0.4 is 5.32 Å². The van der Waals surface area contributed by atoms with Gasteiger partial charge in [0, 0.05) is 13.2 Å². The molecule has 0 bridgehead atoms. The molecule has 1 aliphatic rings. The molecule has 1 aliphatic carbocycles. The van der Waals surface area contributed by atoms with Crippen LogP contribution in [0.3, 0.4) is 0 Å². The number of hydrogen-bond donors (Lipinski definition) is 2. The Morgan fingerprint density at radius 2 is 2.11 bits per heavy atom. The summed E-state index contributed by atoms with van der Waals surface area (Å²) in [5.74, 6) is 0. The first kappa shape index (κ1) is 13.8. The van der Waals surface area contributed by atoms with Crippen LogP contribution in [-0.2, 0) is 16.1 Å². The van der Waals surface area contributed by atoms with Gasteiger partial charge in [-0.3, -0.25) is 0 Å². The number of ether oxygens (including phenoxy) is 2. The Labute approximate surface area is 112 Å². The Balaban J connectivity index is 1.73. The predicted molar refractivity (Wildman–Crippen MR) is 69.6 cm³/mol. The van der Waals surface area contributed by atoms with Crippen molar-refractivity contribution in [3.05, 3.63) is 35.9 Å². The third-order valence-electron chi connectivity index (χ3n) is 3.31. The van der Waals surface area contributed by atoms with Gasteiger partial charge in [0.15, 0.2) is 0 Å². The molecule has 1 aromatic carbocycles. The summed E-state index contributed by atoms with van der Waals surface area (Å²) < 4.78 is 10.2. The molecule has 0 spiro atoms. The second-order valence-electron chi connectivity index (χ2n) is 4.72. The van der Waals surface area contributed by atoms with Crippen LogP contribution in [0.2, 0.25) is 0 Å². The molecular formula is C14H19NO4. The third kappa shape index (κ3) is 3.94. The van der Waals surface area contributed by atoms with Gasteiger partial charge < -0.3 is 19.9 Å². The molecule has 0 aromatic heterocycles. The average molecular weight is 265 g/mol. The second-order valence-corrected chi connectivity index (χ2v) is 4.72. The van der Waals surface area contributed by atoms with Gasteiger partial charge in [0.05, 0.1) is 12.2 Å². The highest BCUT2D eigenvalue weighted by Crippen LogP contribution is 2.22. The van der Waals surface area contributed by atoms with E-state index in [1.165, 1.54) is 0 Å². The summed E-state index contributed by atoms with van der Waals surface area (Å²) in [5.41, 5.74) is 0.943. The van der Waals surface area contributed by atoms with Gasteiger partial charge in [0.25, 0.3) is 0 Å². The molecule has 0 aliphatic heterocycles. The first-order chi connectivity index (χ1) is 9.19. The number of methoxy groups -OCH3 is 1. The number of aliphatic hydroxyl groups excluding tert-OH is 1. The van der Waals surface area contributed by atoms with Crippen molar-refractivity contribution in [2.75, 3.05) is 7.11 Å². The zero-order valence-corrected chi connectivity index (χ0v) is 10.9. The number of carbonyl (C=O) groups excluding carboxylic acids is 1. The lowest BCUT2D eigenvalue weighted by atomic mass is 10.2. The van der Waals surface area contributed by atoms with Gasteiger partial charge in [-0.1, -0.05) is 30.3 Å². The fraction of sp³-hybridized carbons (Fsp3) is 0.500. The molecule has 1 aromatic rings. The molecule has 2 rings (SSSR count). The van der Waals surface area contributed by atoms with Crippen molar-refractivity contribution in [1.29, 1.82) is 0 Å². The zero-order chi connectivity index (χ0) is 13.7. The van der Waals surface area contributed by atoms with E-state index in [0.717, 1.165) is 5.56 Å². The van der Waals surface area contributed by atoms with Crippen LogP contribution in [0, 0.1) is 0 Å². The molecule has 5 nitrogen and oxygen atoms in total. The van der Waals surface area contributed by atoms with Crippen molar-refractivity contribution < 1.29 is 19.4 Å². The minimum absolute atomic E-state index is 0.0942. The van der Waals surface area contributed by atoms with Crippen LogP contribution in [0.15, 0.2) is 30.3 Å². The summed E-state index contributed by atoms with van der Waals surface area (Å²) in [5, 5.41) is 12.4. The lowest BCUT2D eigenvalue weighted by molar-refractivity contribution is 0.00979. The SMILES string of the molecule is CO[C@@H]1C[C@H](NC(=O)OCc2ccccc2)C[C@@H]1O. The van der Waals surface area contributed by atoms with Gasteiger partial charge in [-0.2, -0.15) is 0 Å². The minimum Gasteiger partial charge on any atom is -0.445 e. The molecule has 0 saturated heterocycles. The van der Waals surface area contributed by atoms with E-state index in [0.29, 0.717) is 12.8 Å². The molecule has 5 heteroatoms. The lowest BCUT2D eigenvalue weighted by Gasteiger charge is -2.12. The van der Waals surface area contributed by atoms with Crippen molar-refractivity contribution in [3.63, 3.8) is 0 Å². The summed E-state index contributed by atoms with van der Waals surface area (Å²) in [6.07, 6.45) is -0.0847. The van der Waals surface area contributed by atoms with Crippen LogP contribution in [0.25, 0.3) is 0 Å². The van der Waals surface area contributed by atoms with Gasteiger partial charge in [-0.05, 0) is 18.4 Å². The molecule has 1 amide bonds. The first-order valence-electron chi connectivity index (χ1n) is 6.37. The maximum atomic E-state index is 11.6. The van der Waals surface area contributed by atoms with E-state index in [4.69, 9.17) is 9.47 Å². The molecule has 104 valence electrons. The van der Waals surface area contributed by atoms with Crippen LogP contribution >= 0.6 is 0 Å². The highest BCUT2D eigenvalue weighted by molar-refractivity contribution is 5.67. The van der Waals surface area contributed by atoms with Crippen molar-refractivity contribution in [2.45, 2.75) is 37.7 Å². The van der Waals surface area contributed by atoms with Crippen molar-refractivity contribution >= 4 is 6.09 Å². The number of aliphatic hydroxyl groups is 1. The van der Waals surface area contributed by atoms with Crippen LogP contribution in [0.1, 0.15) is 18.4 Å². The number of benzene rings is 1. The molecule has 2 N–H and O–H groups in total. The van der Waals surface area contributed by atoms with E-state index in [1.54, 1.807) is 7.11 Å². The number of rotatable bonds is 4. The smallest absolute Gasteiger partial charge is 0.407 e. The zero-order valence-electron chi connectivity index (χ0n) is 10.9. The molecule has 1 saturated carbocycles. The number of hydrogen-bond acceptors (Lipinski definition) is 4. The molecule has 3 atom stereocenters. The van der Waals surface area contributed by atoms with E-state index >= 15 is 0 Å². The second kappa shape index (κ2) is 6.54. The number of nitrogens with one attached hydrogen (secondary N) is 1. The third-order valence-corrected chi connectivity index (χ3v) is 3.31. The summed E-state index contributed by atoms with van der Waals surface area (Å²) in [7, 11) is 1.56. The highest BCUT2D eigenvalue weighted by Gasteiger charge is 2.34. The quantitative estimate of drug-likeness (QED) is 0.864. The molecule has 0 heterocycles. The predicted octanol–water partition coefficient (Wildman–Crippen LogP) is 1.45. The first-order valence-corrected chi connectivity index (χ1v) is 6.37. The summed E-state index contributed by atoms with van der Waals surface area (Å²) in [6, 6.07) is 9.40. The Bertz CT molecular complexity index is 409. The van der Waals surface area contributed by atoms with Gasteiger partial charge in [0.2, 0.25) is 0 Å². The minimum atomic E-state index is -0.524. The van der Waals surface area contributed by atoms with Crippen molar-refractivity contribution in [1.82, 2.24) is 5.32 Å². The number of amides is 1. The largest absolute Gasteiger partial charge is 0.445 e. The Hall–Kier alpha value is -1.59. The van der Waals surface area contributed by atoms with Crippen molar-refractivity contribution in [2.24, 2.45) is 0 Å². The van der Waals surface area contributed by atoms with E-state index < -0.39 is 12.2 Å². The number of alkyl carbamates (subject to hydrolysis) is 1. The topological polar surface area (TPSA) is 67.8 Å². The highest BCUT2D eigenvalue weighted by atomic mass is 16.5. The van der Waals surface area contributed by atoms with Gasteiger partial charge in [-0.25, -0.2) is 4.79 Å². The van der Waals surface area contributed by atoms with Crippen molar-refractivity contribution in [3.8, 4) is 0 Å². The molecule has 1 fully saturated rings. The normalized spacial score (nSPS) is 26.1. The van der Waals surface area contributed by atoms with Gasteiger partial charge in [-0.15, -0.1) is 0 Å². The molecule has 0 unspecified atom stereocenters. The Morgan fingerprint density at radius 3 is 2.74 bits per heavy atom. The van der Waals surface area contributed by atoms with Crippen LogP contribution in [0.4, 0.5) is 4.79 Å². The van der Waals surface area contributed by atoms with E-state index in [2.05, 4.69) is 5.32 Å². The van der Waals surface area contributed by atoms with Gasteiger partial charge >= 0.3 is 6.09 Å². The summed E-state index contributed by atoms with van der Waals surface area (Å²) >= 11 is 0. The summed E-state index contributed by atoms with van der Waals surface area (Å²) in [6.45, 7) is 0.246. The number of carbonyl (C=O) groups is 1. The standard InChI is InChI=1S/C14H19NO4/c1-18-13-8-11(7-12(13)16)15-14(17)19-9-10-5-3-2-4-6-10/h2-6,11-13,16H,7-9H2,1H3,(H,15,17)/t11-,12+,13-/m1/s1. The fourth-order valence-electron chi connectivity index (χ4n) is 2.28. The van der Waals surface area contributed by atoms with E-state index in [1.807, 2.05) is 30.3 Å².